The molecular weight excluding hydrogens is 238 g/mol. The number of carboxylic acids is 1. The topological polar surface area (TPSA) is 40.1 Å². The summed E-state index contributed by atoms with van der Waals surface area (Å²) in [7, 11) is 2.46. The lowest BCUT2D eigenvalue weighted by Gasteiger charge is -2.37. The first kappa shape index (κ1) is 18.4. The average Bonchev–Trinajstić information content (AvgIpc) is 2.34. The number of piperidine rings is 1. The van der Waals surface area contributed by atoms with E-state index in [-0.39, 0.29) is 0 Å². The van der Waals surface area contributed by atoms with Crippen molar-refractivity contribution in [2.24, 2.45) is 0 Å². The van der Waals surface area contributed by atoms with E-state index in [1.54, 1.807) is 0 Å². The summed E-state index contributed by atoms with van der Waals surface area (Å²) >= 11 is 0. The van der Waals surface area contributed by atoms with Crippen molar-refractivity contribution in [3.8, 4) is 0 Å². The summed E-state index contributed by atoms with van der Waals surface area (Å²) in [5.74, 6) is -1.08. The second kappa shape index (κ2) is 11.3. The number of unbranched alkanes of at least 4 members (excludes halogenated alkanes) is 5. The van der Waals surface area contributed by atoms with Gasteiger partial charge < -0.3 is 14.4 Å². The van der Waals surface area contributed by atoms with Gasteiger partial charge in [0.2, 0.25) is 0 Å². The highest BCUT2D eigenvalue weighted by Crippen LogP contribution is 2.17. The Morgan fingerprint density at radius 1 is 1.00 bits per heavy atom. The van der Waals surface area contributed by atoms with Gasteiger partial charge in [-0.15, -0.1) is 0 Å². The summed E-state index contributed by atoms with van der Waals surface area (Å²) in [6.07, 6.45) is 13.1. The summed E-state index contributed by atoms with van der Waals surface area (Å²) in [4.78, 5) is 8.89. The molecular formula is C16H33NO2. The lowest BCUT2D eigenvalue weighted by atomic mass is 10.1. The molecule has 3 heteroatoms. The third-order valence-electron chi connectivity index (χ3n) is 3.95. The van der Waals surface area contributed by atoms with E-state index < -0.39 is 5.97 Å². The van der Waals surface area contributed by atoms with E-state index in [2.05, 4.69) is 14.0 Å². The monoisotopic (exact) mass is 271 g/mol. The van der Waals surface area contributed by atoms with Gasteiger partial charge in [-0.3, -0.25) is 0 Å². The first-order valence-corrected chi connectivity index (χ1v) is 8.01. The van der Waals surface area contributed by atoms with Crippen molar-refractivity contribution in [2.75, 3.05) is 26.7 Å². The Labute approximate surface area is 119 Å². The van der Waals surface area contributed by atoms with Crippen LogP contribution < -0.4 is 5.11 Å². The number of rotatable bonds is 7. The molecule has 0 N–H and O–H groups in total. The molecule has 0 bridgehead atoms. The summed E-state index contributed by atoms with van der Waals surface area (Å²) < 4.78 is 1.37. The fourth-order valence-corrected chi connectivity index (χ4v) is 2.77. The van der Waals surface area contributed by atoms with Crippen LogP contribution in [0.2, 0.25) is 0 Å². The molecule has 0 aromatic heterocycles. The third kappa shape index (κ3) is 12.2. The van der Waals surface area contributed by atoms with Crippen molar-refractivity contribution in [1.29, 1.82) is 0 Å². The molecule has 0 atom stereocenters. The maximum atomic E-state index is 8.89. The summed E-state index contributed by atoms with van der Waals surface area (Å²) in [5, 5.41) is 8.89. The number of carbonyl (C=O) groups excluding carboxylic acids is 1. The Bertz CT molecular complexity index is 219. The molecule has 1 aliphatic heterocycles. The van der Waals surface area contributed by atoms with E-state index in [9.17, 15) is 0 Å². The lowest BCUT2D eigenvalue weighted by Crippen LogP contribution is -2.48. The van der Waals surface area contributed by atoms with Gasteiger partial charge in [0.05, 0.1) is 26.7 Å². The van der Waals surface area contributed by atoms with Gasteiger partial charge in [-0.2, -0.15) is 0 Å². The molecule has 114 valence electrons. The van der Waals surface area contributed by atoms with Crippen molar-refractivity contribution in [3.63, 3.8) is 0 Å². The lowest BCUT2D eigenvalue weighted by molar-refractivity contribution is -0.914. The van der Waals surface area contributed by atoms with Gasteiger partial charge in [-0.25, -0.2) is 0 Å². The number of aliphatic carboxylic acids is 1. The molecule has 0 spiro atoms. The SMILES string of the molecule is CC(=O)[O-].CCCCCCCC[N+]1(C)CCCCC1. The smallest absolute Gasteiger partial charge is 0.0784 e. The average molecular weight is 271 g/mol. The summed E-state index contributed by atoms with van der Waals surface area (Å²) in [6, 6.07) is 0. The van der Waals surface area contributed by atoms with E-state index >= 15 is 0 Å². The van der Waals surface area contributed by atoms with Crippen LogP contribution in [-0.2, 0) is 4.79 Å². The number of hydrogen-bond acceptors (Lipinski definition) is 2. The molecule has 0 amide bonds. The van der Waals surface area contributed by atoms with Crippen molar-refractivity contribution >= 4 is 5.97 Å². The minimum Gasteiger partial charge on any atom is -0.550 e. The van der Waals surface area contributed by atoms with Gasteiger partial charge in [0.15, 0.2) is 0 Å². The van der Waals surface area contributed by atoms with Crippen LogP contribution in [0.3, 0.4) is 0 Å². The highest BCUT2D eigenvalue weighted by molar-refractivity contribution is 5.60. The quantitative estimate of drug-likeness (QED) is 0.527. The van der Waals surface area contributed by atoms with Gasteiger partial charge in [0.25, 0.3) is 0 Å². The largest absolute Gasteiger partial charge is 0.550 e. The Morgan fingerprint density at radius 2 is 1.47 bits per heavy atom. The van der Waals surface area contributed by atoms with Crippen LogP contribution in [0.15, 0.2) is 0 Å². The van der Waals surface area contributed by atoms with Gasteiger partial charge in [0.1, 0.15) is 0 Å². The van der Waals surface area contributed by atoms with Crippen molar-refractivity contribution < 1.29 is 14.4 Å². The summed E-state index contributed by atoms with van der Waals surface area (Å²) in [6.45, 7) is 7.58. The van der Waals surface area contributed by atoms with Crippen LogP contribution >= 0.6 is 0 Å². The van der Waals surface area contributed by atoms with E-state index in [0.717, 1.165) is 6.92 Å². The van der Waals surface area contributed by atoms with E-state index in [4.69, 9.17) is 9.90 Å². The second-order valence-electron chi connectivity index (χ2n) is 6.11. The Hall–Kier alpha value is -0.570. The van der Waals surface area contributed by atoms with Crippen LogP contribution in [0.25, 0.3) is 0 Å². The number of likely N-dealkylation sites (tertiary alicyclic amines) is 1. The van der Waals surface area contributed by atoms with Gasteiger partial charge >= 0.3 is 0 Å². The first-order chi connectivity index (χ1) is 9.00. The predicted octanol–water partition coefficient (Wildman–Crippen LogP) is 2.73. The van der Waals surface area contributed by atoms with Crippen molar-refractivity contribution in [1.82, 2.24) is 0 Å². The minimum absolute atomic E-state index is 0.972. The van der Waals surface area contributed by atoms with Gasteiger partial charge in [-0.05, 0) is 39.0 Å². The zero-order valence-corrected chi connectivity index (χ0v) is 13.2. The van der Waals surface area contributed by atoms with Crippen LogP contribution in [0, 0.1) is 0 Å². The van der Waals surface area contributed by atoms with Gasteiger partial charge in [-0.1, -0.05) is 32.6 Å². The van der Waals surface area contributed by atoms with Crippen LogP contribution in [-0.4, -0.2) is 37.1 Å². The van der Waals surface area contributed by atoms with E-state index in [0.29, 0.717) is 0 Å². The molecule has 0 aromatic rings. The van der Waals surface area contributed by atoms with Gasteiger partial charge in [0, 0.05) is 5.97 Å². The molecule has 19 heavy (non-hydrogen) atoms. The molecule has 0 radical (unpaired) electrons. The molecule has 1 saturated heterocycles. The normalized spacial score (nSPS) is 17.4. The Kier molecular flexibility index (Phi) is 10.9. The van der Waals surface area contributed by atoms with Crippen molar-refractivity contribution in [2.45, 2.75) is 71.6 Å². The fraction of sp³-hybridized carbons (Fsp3) is 0.938. The first-order valence-electron chi connectivity index (χ1n) is 8.01. The number of hydrogen-bond donors (Lipinski definition) is 0. The second-order valence-corrected chi connectivity index (χ2v) is 6.11. The molecule has 1 fully saturated rings. The molecule has 1 rings (SSSR count). The zero-order chi connectivity index (χ0) is 14.6. The maximum Gasteiger partial charge on any atom is 0.0784 e. The standard InChI is InChI=1S/C14H30N.C2H4O2/c1-3-4-5-6-7-9-12-15(2)13-10-8-11-14-15;1-2(3)4/h3-14H2,1-2H3;1H3,(H,3,4)/q+1;/p-1. The summed E-state index contributed by atoms with van der Waals surface area (Å²) in [5.41, 5.74) is 0. The highest BCUT2D eigenvalue weighted by Gasteiger charge is 2.23. The third-order valence-corrected chi connectivity index (χ3v) is 3.95. The number of nitrogens with zero attached hydrogens (tertiary/aromatic N) is 1. The Morgan fingerprint density at radius 3 is 2.00 bits per heavy atom. The maximum absolute atomic E-state index is 8.89. The number of quaternary nitrogens is 1. The van der Waals surface area contributed by atoms with Crippen molar-refractivity contribution in [3.05, 3.63) is 0 Å². The molecule has 3 nitrogen and oxygen atoms in total. The minimum atomic E-state index is -1.08. The van der Waals surface area contributed by atoms with E-state index in [1.807, 2.05) is 0 Å². The predicted molar refractivity (Wildman–Crippen MR) is 78.7 cm³/mol. The molecule has 0 aliphatic carbocycles. The zero-order valence-electron chi connectivity index (χ0n) is 13.2. The number of carboxylic acid groups (broad SMARTS) is 1. The number of carbonyl (C=O) groups is 1. The Balaban J connectivity index is 0.000000711. The molecule has 0 saturated carbocycles. The molecule has 0 unspecified atom stereocenters. The van der Waals surface area contributed by atoms with Crippen LogP contribution in [0.4, 0.5) is 0 Å². The highest BCUT2D eigenvalue weighted by atomic mass is 16.4. The fourth-order valence-electron chi connectivity index (χ4n) is 2.77. The van der Waals surface area contributed by atoms with Crippen LogP contribution in [0.1, 0.15) is 71.6 Å². The van der Waals surface area contributed by atoms with E-state index in [1.165, 1.54) is 81.9 Å². The van der Waals surface area contributed by atoms with Crippen LogP contribution in [0.5, 0.6) is 0 Å². The molecule has 1 aliphatic rings. The molecule has 1 heterocycles. The molecule has 0 aromatic carbocycles.